The summed E-state index contributed by atoms with van der Waals surface area (Å²) < 4.78 is 0. The van der Waals surface area contributed by atoms with Crippen LogP contribution in [0.2, 0.25) is 0 Å². The molecule has 0 saturated carbocycles. The zero-order chi connectivity index (χ0) is 16.1. The Hall–Kier alpha value is -2.19. The van der Waals surface area contributed by atoms with Crippen molar-refractivity contribution >= 4 is 29.0 Å². The first kappa shape index (κ1) is 15.7. The van der Waals surface area contributed by atoms with Gasteiger partial charge in [-0.25, -0.2) is 14.8 Å². The SMILES string of the molecule is CN1CCN(c2cc(NC(=O)NCc3cccs3)ncn2)CC1. The zero-order valence-electron chi connectivity index (χ0n) is 13.0. The number of hydrogen-bond donors (Lipinski definition) is 2. The van der Waals surface area contributed by atoms with Crippen LogP contribution in [0.4, 0.5) is 16.4 Å². The van der Waals surface area contributed by atoms with Crippen molar-refractivity contribution in [3.8, 4) is 0 Å². The summed E-state index contributed by atoms with van der Waals surface area (Å²) in [6, 6.07) is 5.50. The van der Waals surface area contributed by atoms with Crippen LogP contribution in [0.1, 0.15) is 4.88 Å². The molecule has 0 atom stereocenters. The number of anilines is 2. The Balaban J connectivity index is 1.55. The first-order valence-corrected chi connectivity index (χ1v) is 8.41. The fourth-order valence-corrected chi connectivity index (χ4v) is 3.01. The second kappa shape index (κ2) is 7.38. The summed E-state index contributed by atoms with van der Waals surface area (Å²) >= 11 is 1.61. The molecule has 2 N–H and O–H groups in total. The van der Waals surface area contributed by atoms with Gasteiger partial charge in [0.25, 0.3) is 0 Å². The monoisotopic (exact) mass is 332 g/mol. The summed E-state index contributed by atoms with van der Waals surface area (Å²) in [4.78, 5) is 26.0. The number of likely N-dealkylation sites (N-methyl/N-ethyl adjacent to an activating group) is 1. The highest BCUT2D eigenvalue weighted by atomic mass is 32.1. The molecular weight excluding hydrogens is 312 g/mol. The van der Waals surface area contributed by atoms with Crippen molar-refractivity contribution in [3.05, 3.63) is 34.8 Å². The lowest BCUT2D eigenvalue weighted by atomic mass is 10.3. The van der Waals surface area contributed by atoms with Crippen LogP contribution >= 0.6 is 11.3 Å². The van der Waals surface area contributed by atoms with Crippen LogP contribution in [0.3, 0.4) is 0 Å². The standard InChI is InChI=1S/C15H20N6OS/c1-20-4-6-21(7-5-20)14-9-13(17-11-18-14)19-15(22)16-10-12-3-2-8-23-12/h2-3,8-9,11H,4-7,10H2,1H3,(H2,16,17,18,19,22). The maximum atomic E-state index is 11.9. The van der Waals surface area contributed by atoms with Gasteiger partial charge in [0, 0.05) is 37.1 Å². The largest absolute Gasteiger partial charge is 0.354 e. The molecule has 3 heterocycles. The van der Waals surface area contributed by atoms with E-state index in [1.807, 2.05) is 23.6 Å². The molecule has 23 heavy (non-hydrogen) atoms. The van der Waals surface area contributed by atoms with Gasteiger partial charge in [-0.15, -0.1) is 11.3 Å². The third kappa shape index (κ3) is 4.40. The minimum Gasteiger partial charge on any atom is -0.354 e. The van der Waals surface area contributed by atoms with E-state index in [9.17, 15) is 4.79 Å². The number of aromatic nitrogens is 2. The van der Waals surface area contributed by atoms with Gasteiger partial charge in [0.05, 0.1) is 6.54 Å². The Bertz CT molecular complexity index is 639. The minimum absolute atomic E-state index is 0.263. The molecule has 0 unspecified atom stereocenters. The molecule has 0 aliphatic carbocycles. The van der Waals surface area contributed by atoms with Crippen LogP contribution in [0.15, 0.2) is 29.9 Å². The molecule has 7 nitrogen and oxygen atoms in total. The minimum atomic E-state index is -0.263. The van der Waals surface area contributed by atoms with Crippen LogP contribution in [-0.4, -0.2) is 54.1 Å². The molecule has 0 radical (unpaired) electrons. The van der Waals surface area contributed by atoms with Crippen LogP contribution in [-0.2, 0) is 6.54 Å². The molecule has 2 amide bonds. The number of hydrogen-bond acceptors (Lipinski definition) is 6. The van der Waals surface area contributed by atoms with Crippen molar-refractivity contribution in [3.63, 3.8) is 0 Å². The van der Waals surface area contributed by atoms with Crippen molar-refractivity contribution in [2.45, 2.75) is 6.54 Å². The quantitative estimate of drug-likeness (QED) is 0.890. The van der Waals surface area contributed by atoms with Crippen molar-refractivity contribution in [1.29, 1.82) is 0 Å². The topological polar surface area (TPSA) is 73.4 Å². The van der Waals surface area contributed by atoms with E-state index >= 15 is 0 Å². The highest BCUT2D eigenvalue weighted by Crippen LogP contribution is 2.15. The molecule has 1 aliphatic heterocycles. The second-order valence-electron chi connectivity index (χ2n) is 5.44. The number of nitrogens with one attached hydrogen (secondary N) is 2. The Labute approximate surface area is 139 Å². The third-order valence-corrected chi connectivity index (χ3v) is 4.60. The number of thiophene rings is 1. The van der Waals surface area contributed by atoms with Gasteiger partial charge in [-0.2, -0.15) is 0 Å². The Morgan fingerprint density at radius 2 is 2.13 bits per heavy atom. The number of piperazine rings is 1. The Morgan fingerprint density at radius 3 is 2.87 bits per heavy atom. The van der Waals surface area contributed by atoms with Gasteiger partial charge in [0.15, 0.2) is 0 Å². The molecule has 3 rings (SSSR count). The lowest BCUT2D eigenvalue weighted by Gasteiger charge is -2.33. The molecule has 1 saturated heterocycles. The molecule has 1 aliphatic rings. The summed E-state index contributed by atoms with van der Waals surface area (Å²) in [6.45, 7) is 4.39. The van der Waals surface area contributed by atoms with Gasteiger partial charge in [0.2, 0.25) is 0 Å². The highest BCUT2D eigenvalue weighted by Gasteiger charge is 2.16. The molecule has 0 bridgehead atoms. The van der Waals surface area contributed by atoms with E-state index in [-0.39, 0.29) is 6.03 Å². The van der Waals surface area contributed by atoms with Gasteiger partial charge >= 0.3 is 6.03 Å². The summed E-state index contributed by atoms with van der Waals surface area (Å²) in [6.07, 6.45) is 1.49. The van der Waals surface area contributed by atoms with E-state index < -0.39 is 0 Å². The first-order valence-electron chi connectivity index (χ1n) is 7.53. The average Bonchev–Trinajstić information content (AvgIpc) is 3.07. The third-order valence-electron chi connectivity index (χ3n) is 3.72. The maximum absolute atomic E-state index is 11.9. The zero-order valence-corrected chi connectivity index (χ0v) is 13.8. The van der Waals surface area contributed by atoms with Crippen LogP contribution in [0.25, 0.3) is 0 Å². The van der Waals surface area contributed by atoms with Crippen molar-refractivity contribution in [2.75, 3.05) is 43.4 Å². The van der Waals surface area contributed by atoms with E-state index in [2.05, 4.69) is 37.4 Å². The normalized spacial score (nSPS) is 15.4. The molecule has 0 spiro atoms. The molecule has 122 valence electrons. The summed E-state index contributed by atoms with van der Waals surface area (Å²) in [7, 11) is 2.11. The Kier molecular flexibility index (Phi) is 5.04. The Morgan fingerprint density at radius 1 is 1.30 bits per heavy atom. The lowest BCUT2D eigenvalue weighted by Crippen LogP contribution is -2.44. The predicted octanol–water partition coefficient (Wildman–Crippen LogP) is 1.61. The van der Waals surface area contributed by atoms with E-state index in [0.717, 1.165) is 36.9 Å². The van der Waals surface area contributed by atoms with Gasteiger partial charge in [-0.1, -0.05) is 6.07 Å². The number of carbonyl (C=O) groups is 1. The summed E-state index contributed by atoms with van der Waals surface area (Å²) in [5, 5.41) is 7.56. The molecule has 2 aromatic rings. The predicted molar refractivity (Wildman–Crippen MR) is 91.9 cm³/mol. The number of rotatable bonds is 4. The van der Waals surface area contributed by atoms with Crippen molar-refractivity contribution in [2.24, 2.45) is 0 Å². The van der Waals surface area contributed by atoms with E-state index in [0.29, 0.717) is 12.4 Å². The van der Waals surface area contributed by atoms with Crippen LogP contribution < -0.4 is 15.5 Å². The summed E-state index contributed by atoms with van der Waals surface area (Å²) in [5.74, 6) is 1.36. The smallest absolute Gasteiger partial charge is 0.320 e. The van der Waals surface area contributed by atoms with E-state index in [4.69, 9.17) is 0 Å². The highest BCUT2D eigenvalue weighted by molar-refractivity contribution is 7.09. The average molecular weight is 332 g/mol. The maximum Gasteiger partial charge on any atom is 0.320 e. The first-order chi connectivity index (χ1) is 11.2. The molecule has 1 fully saturated rings. The number of nitrogens with zero attached hydrogens (tertiary/aromatic N) is 4. The van der Waals surface area contributed by atoms with Gasteiger partial charge in [-0.05, 0) is 18.5 Å². The van der Waals surface area contributed by atoms with E-state index in [1.54, 1.807) is 11.3 Å². The molecule has 8 heteroatoms. The fraction of sp³-hybridized carbons (Fsp3) is 0.400. The van der Waals surface area contributed by atoms with Gasteiger partial charge < -0.3 is 15.1 Å². The molecular formula is C15H20N6OS. The lowest BCUT2D eigenvalue weighted by molar-refractivity contribution is 0.251. The second-order valence-corrected chi connectivity index (χ2v) is 6.47. The molecule has 0 aromatic carbocycles. The van der Waals surface area contributed by atoms with Gasteiger partial charge in [-0.3, -0.25) is 5.32 Å². The number of amides is 2. The fourth-order valence-electron chi connectivity index (χ4n) is 2.36. The van der Waals surface area contributed by atoms with Gasteiger partial charge in [0.1, 0.15) is 18.0 Å². The molecule has 2 aromatic heterocycles. The van der Waals surface area contributed by atoms with E-state index in [1.165, 1.54) is 6.33 Å². The van der Waals surface area contributed by atoms with Crippen molar-refractivity contribution in [1.82, 2.24) is 20.2 Å². The van der Waals surface area contributed by atoms with Crippen LogP contribution in [0.5, 0.6) is 0 Å². The van der Waals surface area contributed by atoms with Crippen LogP contribution in [0, 0.1) is 0 Å². The number of urea groups is 1. The summed E-state index contributed by atoms with van der Waals surface area (Å²) in [5.41, 5.74) is 0. The number of carbonyl (C=O) groups excluding carboxylic acids is 1. The van der Waals surface area contributed by atoms with Crippen molar-refractivity contribution < 1.29 is 4.79 Å².